The average Bonchev–Trinajstić information content (AvgIpc) is 2.82. The predicted molar refractivity (Wildman–Crippen MR) is 122 cm³/mol. The zero-order chi connectivity index (χ0) is 24.2. The second-order valence-corrected chi connectivity index (χ2v) is 7.76. The standard InChI is InChI=1S/C24H17ClF2N4O3/c25-17-5-3-4-16(12-17)14-30-23(33)21(22(32)28-13-15-8-10-18(26)11-9-15)29-31(24(30)34)20-7-2-1-6-19(20)27/h1-12H,13-14H2,(H,28,32). The molecule has 4 aromatic rings. The molecule has 0 bridgehead atoms. The van der Waals surface area contributed by atoms with Crippen LogP contribution in [0.15, 0.2) is 82.4 Å². The Labute approximate surface area is 196 Å². The summed E-state index contributed by atoms with van der Waals surface area (Å²) in [6, 6.07) is 17.3. The third kappa shape index (κ3) is 4.94. The van der Waals surface area contributed by atoms with Crippen LogP contribution in [0.1, 0.15) is 21.6 Å². The zero-order valence-corrected chi connectivity index (χ0v) is 18.3. The van der Waals surface area contributed by atoms with Crippen LogP contribution in [-0.2, 0) is 13.1 Å². The molecule has 0 radical (unpaired) electrons. The number of nitrogens with one attached hydrogen (secondary N) is 1. The second-order valence-electron chi connectivity index (χ2n) is 7.32. The molecule has 10 heteroatoms. The van der Waals surface area contributed by atoms with Crippen LogP contribution in [0, 0.1) is 11.6 Å². The lowest BCUT2D eigenvalue weighted by molar-refractivity contribution is 0.0941. The van der Waals surface area contributed by atoms with E-state index >= 15 is 0 Å². The maximum atomic E-state index is 14.5. The lowest BCUT2D eigenvalue weighted by atomic mass is 10.2. The first-order chi connectivity index (χ1) is 16.3. The number of benzene rings is 3. The van der Waals surface area contributed by atoms with Gasteiger partial charge in [-0.05, 0) is 47.5 Å². The van der Waals surface area contributed by atoms with Gasteiger partial charge in [-0.25, -0.2) is 13.6 Å². The van der Waals surface area contributed by atoms with Crippen LogP contribution in [0.4, 0.5) is 8.78 Å². The van der Waals surface area contributed by atoms with Gasteiger partial charge in [-0.3, -0.25) is 14.2 Å². The van der Waals surface area contributed by atoms with E-state index in [1.807, 2.05) is 0 Å². The van der Waals surface area contributed by atoms with Crippen molar-refractivity contribution in [3.8, 4) is 5.69 Å². The van der Waals surface area contributed by atoms with Gasteiger partial charge in [0.25, 0.3) is 11.5 Å². The van der Waals surface area contributed by atoms with Crippen LogP contribution >= 0.6 is 11.6 Å². The highest BCUT2D eigenvalue weighted by molar-refractivity contribution is 6.30. The summed E-state index contributed by atoms with van der Waals surface area (Å²) in [7, 11) is 0. The number of carbonyl (C=O) groups excluding carboxylic acids is 1. The molecule has 7 nitrogen and oxygen atoms in total. The van der Waals surface area contributed by atoms with Crippen molar-refractivity contribution in [2.24, 2.45) is 0 Å². The Hall–Kier alpha value is -4.11. The van der Waals surface area contributed by atoms with E-state index in [2.05, 4.69) is 10.4 Å². The van der Waals surface area contributed by atoms with Gasteiger partial charge < -0.3 is 5.32 Å². The second kappa shape index (κ2) is 9.80. The summed E-state index contributed by atoms with van der Waals surface area (Å²) in [5.74, 6) is -2.07. The maximum Gasteiger partial charge on any atom is 0.352 e. The third-order valence-corrected chi connectivity index (χ3v) is 5.19. The van der Waals surface area contributed by atoms with E-state index < -0.39 is 34.5 Å². The van der Waals surface area contributed by atoms with Gasteiger partial charge in [0.05, 0.1) is 6.54 Å². The number of carbonyl (C=O) groups is 1. The molecule has 0 saturated heterocycles. The van der Waals surface area contributed by atoms with Gasteiger partial charge in [0, 0.05) is 11.6 Å². The van der Waals surface area contributed by atoms with Gasteiger partial charge >= 0.3 is 5.69 Å². The van der Waals surface area contributed by atoms with E-state index in [1.165, 1.54) is 42.5 Å². The number of aromatic nitrogens is 3. The van der Waals surface area contributed by atoms with E-state index in [0.717, 1.165) is 10.6 Å². The van der Waals surface area contributed by atoms with Crippen LogP contribution in [0.2, 0.25) is 5.02 Å². The topological polar surface area (TPSA) is 86.0 Å². The SMILES string of the molecule is O=C(NCc1ccc(F)cc1)c1nn(-c2ccccc2F)c(=O)n(Cc2cccc(Cl)c2)c1=O. The number of halogens is 3. The zero-order valence-electron chi connectivity index (χ0n) is 17.5. The molecule has 0 aliphatic carbocycles. The van der Waals surface area contributed by atoms with E-state index in [4.69, 9.17) is 11.6 Å². The molecular weight excluding hydrogens is 466 g/mol. The summed E-state index contributed by atoms with van der Waals surface area (Å²) in [4.78, 5) is 39.1. The fraction of sp³-hybridized carbons (Fsp3) is 0.0833. The quantitative estimate of drug-likeness (QED) is 0.457. The molecule has 0 aliphatic rings. The highest BCUT2D eigenvalue weighted by atomic mass is 35.5. The maximum absolute atomic E-state index is 14.5. The number of amides is 1. The molecule has 1 amide bonds. The van der Waals surface area contributed by atoms with Gasteiger partial charge in [-0.15, -0.1) is 0 Å². The van der Waals surface area contributed by atoms with Crippen molar-refractivity contribution >= 4 is 17.5 Å². The lowest BCUT2D eigenvalue weighted by Crippen LogP contribution is -2.46. The molecule has 0 aliphatic heterocycles. The van der Waals surface area contributed by atoms with Gasteiger partial charge in [0.15, 0.2) is 0 Å². The van der Waals surface area contributed by atoms with Crippen molar-refractivity contribution in [3.63, 3.8) is 0 Å². The molecule has 0 saturated carbocycles. The largest absolute Gasteiger partial charge is 0.352 e. The molecule has 4 rings (SSSR count). The lowest BCUT2D eigenvalue weighted by Gasteiger charge is -2.13. The first kappa shape index (κ1) is 23.1. The molecule has 1 heterocycles. The van der Waals surface area contributed by atoms with Gasteiger partial charge in [0.1, 0.15) is 17.3 Å². The van der Waals surface area contributed by atoms with Crippen LogP contribution in [-0.4, -0.2) is 20.3 Å². The van der Waals surface area contributed by atoms with Crippen LogP contribution < -0.4 is 16.6 Å². The molecule has 0 fully saturated rings. The summed E-state index contributed by atoms with van der Waals surface area (Å²) in [6.07, 6.45) is 0. The Kier molecular flexibility index (Phi) is 6.65. The Morgan fingerprint density at radius 3 is 2.38 bits per heavy atom. The molecule has 1 aromatic heterocycles. The van der Waals surface area contributed by atoms with E-state index in [1.54, 1.807) is 24.3 Å². The van der Waals surface area contributed by atoms with Gasteiger partial charge in [-0.2, -0.15) is 9.78 Å². The molecule has 0 atom stereocenters. The molecule has 0 unspecified atom stereocenters. The summed E-state index contributed by atoms with van der Waals surface area (Å²) < 4.78 is 29.0. The molecule has 172 valence electrons. The fourth-order valence-electron chi connectivity index (χ4n) is 3.26. The monoisotopic (exact) mass is 482 g/mol. The van der Waals surface area contributed by atoms with E-state index in [-0.39, 0.29) is 18.8 Å². The number of hydrogen-bond acceptors (Lipinski definition) is 4. The van der Waals surface area contributed by atoms with Crippen molar-refractivity contribution in [3.05, 3.63) is 127 Å². The van der Waals surface area contributed by atoms with Crippen LogP contribution in [0.5, 0.6) is 0 Å². The van der Waals surface area contributed by atoms with Crippen molar-refractivity contribution in [2.75, 3.05) is 0 Å². The number of para-hydroxylation sites is 1. The molecule has 1 N–H and O–H groups in total. The molecule has 3 aromatic carbocycles. The third-order valence-electron chi connectivity index (χ3n) is 4.95. The highest BCUT2D eigenvalue weighted by Gasteiger charge is 2.21. The Morgan fingerprint density at radius 1 is 0.941 bits per heavy atom. The highest BCUT2D eigenvalue weighted by Crippen LogP contribution is 2.12. The molecular formula is C24H17ClF2N4O3. The van der Waals surface area contributed by atoms with Crippen LogP contribution in [0.3, 0.4) is 0 Å². The Bertz CT molecular complexity index is 1480. The van der Waals surface area contributed by atoms with Crippen molar-refractivity contribution < 1.29 is 13.6 Å². The molecule has 34 heavy (non-hydrogen) atoms. The number of rotatable bonds is 6. The van der Waals surface area contributed by atoms with Crippen molar-refractivity contribution in [1.82, 2.24) is 19.7 Å². The number of hydrogen-bond donors (Lipinski definition) is 1. The Morgan fingerprint density at radius 2 is 1.68 bits per heavy atom. The molecule has 0 spiro atoms. The smallest absolute Gasteiger partial charge is 0.346 e. The van der Waals surface area contributed by atoms with Gasteiger partial charge in [-0.1, -0.05) is 48.0 Å². The fourth-order valence-corrected chi connectivity index (χ4v) is 3.48. The normalized spacial score (nSPS) is 10.8. The minimum atomic E-state index is -0.950. The van der Waals surface area contributed by atoms with E-state index in [0.29, 0.717) is 20.8 Å². The van der Waals surface area contributed by atoms with E-state index in [9.17, 15) is 23.2 Å². The average molecular weight is 483 g/mol. The van der Waals surface area contributed by atoms with Crippen molar-refractivity contribution in [1.29, 1.82) is 0 Å². The first-order valence-electron chi connectivity index (χ1n) is 10.1. The summed E-state index contributed by atoms with van der Waals surface area (Å²) in [6.45, 7) is -0.235. The summed E-state index contributed by atoms with van der Waals surface area (Å²) in [5.41, 5.74) is -1.60. The summed E-state index contributed by atoms with van der Waals surface area (Å²) >= 11 is 6.01. The number of nitrogens with zero attached hydrogens (tertiary/aromatic N) is 3. The Balaban J connectivity index is 1.78. The minimum absolute atomic E-state index is 0.0205. The van der Waals surface area contributed by atoms with Crippen molar-refractivity contribution in [2.45, 2.75) is 13.1 Å². The predicted octanol–water partition coefficient (Wildman–Crippen LogP) is 3.30. The van der Waals surface area contributed by atoms with Crippen LogP contribution in [0.25, 0.3) is 5.69 Å². The minimum Gasteiger partial charge on any atom is -0.346 e. The summed E-state index contributed by atoms with van der Waals surface area (Å²) in [5, 5.41) is 6.80. The first-order valence-corrected chi connectivity index (χ1v) is 10.5. The van der Waals surface area contributed by atoms with Gasteiger partial charge in [0.2, 0.25) is 5.69 Å².